The number of nitrogens with zero attached hydrogens (tertiary/aromatic N) is 2. The smallest absolute Gasteiger partial charge is 0.409 e. The molecule has 1 saturated heterocycles. The van der Waals surface area contributed by atoms with Crippen LogP contribution in [0.5, 0.6) is 5.75 Å². The Morgan fingerprint density at radius 1 is 1.46 bits per heavy atom. The van der Waals surface area contributed by atoms with Crippen LogP contribution >= 0.6 is 0 Å². The molecule has 1 aliphatic rings. The first kappa shape index (κ1) is 17.6. The molecular formula is C17H21N3O4. The van der Waals surface area contributed by atoms with E-state index < -0.39 is 6.09 Å². The molecule has 1 aromatic rings. The molecule has 0 saturated carbocycles. The fraction of sp³-hybridized carbons (Fsp3) is 0.471. The van der Waals surface area contributed by atoms with E-state index in [0.29, 0.717) is 43.1 Å². The van der Waals surface area contributed by atoms with E-state index in [-0.39, 0.29) is 11.8 Å². The van der Waals surface area contributed by atoms with Gasteiger partial charge in [-0.15, -0.1) is 0 Å². The number of hydrogen-bond donors (Lipinski definition) is 1. The number of likely N-dealkylation sites (tertiary alicyclic amines) is 1. The molecule has 1 aliphatic heterocycles. The Hall–Kier alpha value is -2.75. The first-order chi connectivity index (χ1) is 11.6. The number of benzene rings is 1. The lowest BCUT2D eigenvalue weighted by Crippen LogP contribution is -2.43. The maximum atomic E-state index is 12.6. The Labute approximate surface area is 141 Å². The van der Waals surface area contributed by atoms with Crippen LogP contribution in [-0.2, 0) is 9.53 Å². The maximum Gasteiger partial charge on any atom is 0.409 e. The summed E-state index contributed by atoms with van der Waals surface area (Å²) in [6, 6.07) is 6.93. The minimum Gasteiger partial charge on any atom is -0.492 e. The van der Waals surface area contributed by atoms with Crippen molar-refractivity contribution < 1.29 is 19.1 Å². The second-order valence-electron chi connectivity index (χ2n) is 5.50. The van der Waals surface area contributed by atoms with Gasteiger partial charge in [0.15, 0.2) is 0 Å². The molecule has 2 rings (SSSR count). The van der Waals surface area contributed by atoms with Gasteiger partial charge in [-0.2, -0.15) is 5.26 Å². The first-order valence-electron chi connectivity index (χ1n) is 7.89. The van der Waals surface area contributed by atoms with Gasteiger partial charge in [0.1, 0.15) is 5.75 Å². The number of ether oxygens (including phenoxy) is 2. The number of hydrogen-bond acceptors (Lipinski definition) is 5. The van der Waals surface area contributed by atoms with Crippen molar-refractivity contribution in [3.63, 3.8) is 0 Å². The fourth-order valence-corrected chi connectivity index (χ4v) is 2.70. The highest BCUT2D eigenvalue weighted by Crippen LogP contribution is 2.27. The average Bonchev–Trinajstić information content (AvgIpc) is 2.62. The third-order valence-corrected chi connectivity index (χ3v) is 3.89. The standard InChI is InChI=1S/C17H21N3O4/c1-3-24-15-7-6-12(10-18)9-14(15)19-16(21)13-5-4-8-20(11-13)17(22)23-2/h6-7,9,13H,3-5,8,11H2,1-2H3,(H,19,21). The summed E-state index contributed by atoms with van der Waals surface area (Å²) < 4.78 is 10.2. The van der Waals surface area contributed by atoms with Gasteiger partial charge in [-0.1, -0.05) is 0 Å². The Bertz CT molecular complexity index is 654. The van der Waals surface area contributed by atoms with Crippen molar-refractivity contribution in [3.05, 3.63) is 23.8 Å². The first-order valence-corrected chi connectivity index (χ1v) is 7.89. The van der Waals surface area contributed by atoms with E-state index in [0.717, 1.165) is 6.42 Å². The van der Waals surface area contributed by atoms with E-state index in [2.05, 4.69) is 5.32 Å². The van der Waals surface area contributed by atoms with Crippen molar-refractivity contribution in [2.24, 2.45) is 5.92 Å². The van der Waals surface area contributed by atoms with Crippen molar-refractivity contribution in [2.75, 3.05) is 32.1 Å². The van der Waals surface area contributed by atoms with Gasteiger partial charge < -0.3 is 19.7 Å². The summed E-state index contributed by atoms with van der Waals surface area (Å²) in [5.41, 5.74) is 0.907. The van der Waals surface area contributed by atoms with Crippen LogP contribution in [0.3, 0.4) is 0 Å². The Morgan fingerprint density at radius 2 is 2.25 bits per heavy atom. The molecule has 0 aliphatic carbocycles. The van der Waals surface area contributed by atoms with Gasteiger partial charge in [-0.05, 0) is 38.0 Å². The molecule has 1 atom stereocenters. The second-order valence-corrected chi connectivity index (χ2v) is 5.50. The number of rotatable bonds is 4. The number of carbonyl (C=O) groups excluding carboxylic acids is 2. The quantitative estimate of drug-likeness (QED) is 0.914. The molecule has 0 bridgehead atoms. The molecule has 1 fully saturated rings. The zero-order valence-electron chi connectivity index (χ0n) is 13.9. The van der Waals surface area contributed by atoms with Gasteiger partial charge in [0, 0.05) is 13.1 Å². The highest BCUT2D eigenvalue weighted by molar-refractivity contribution is 5.94. The molecule has 0 radical (unpaired) electrons. The third-order valence-electron chi connectivity index (χ3n) is 3.89. The Morgan fingerprint density at radius 3 is 2.92 bits per heavy atom. The highest BCUT2D eigenvalue weighted by Gasteiger charge is 2.29. The normalized spacial score (nSPS) is 16.9. The number of nitriles is 1. The van der Waals surface area contributed by atoms with Crippen molar-refractivity contribution >= 4 is 17.7 Å². The van der Waals surface area contributed by atoms with Crippen LogP contribution < -0.4 is 10.1 Å². The molecule has 24 heavy (non-hydrogen) atoms. The lowest BCUT2D eigenvalue weighted by Gasteiger charge is -2.31. The topological polar surface area (TPSA) is 91.7 Å². The second kappa shape index (κ2) is 8.20. The van der Waals surface area contributed by atoms with Gasteiger partial charge in [0.05, 0.1) is 37.0 Å². The molecule has 0 spiro atoms. The van der Waals surface area contributed by atoms with Gasteiger partial charge in [0.2, 0.25) is 5.91 Å². The lowest BCUT2D eigenvalue weighted by molar-refractivity contribution is -0.121. The summed E-state index contributed by atoms with van der Waals surface area (Å²) >= 11 is 0. The number of carbonyl (C=O) groups is 2. The molecule has 1 aromatic carbocycles. The van der Waals surface area contributed by atoms with Crippen LogP contribution in [0.25, 0.3) is 0 Å². The number of piperidine rings is 1. The van der Waals surface area contributed by atoms with E-state index in [1.807, 2.05) is 13.0 Å². The molecule has 1 heterocycles. The molecule has 128 valence electrons. The SMILES string of the molecule is CCOc1ccc(C#N)cc1NC(=O)C1CCCN(C(=O)OC)C1. The molecule has 2 amide bonds. The van der Waals surface area contributed by atoms with Crippen LogP contribution in [0.4, 0.5) is 10.5 Å². The zero-order valence-corrected chi connectivity index (χ0v) is 13.9. The van der Waals surface area contributed by atoms with E-state index in [9.17, 15) is 9.59 Å². The minimum atomic E-state index is -0.422. The maximum absolute atomic E-state index is 12.6. The predicted molar refractivity (Wildman–Crippen MR) is 87.7 cm³/mol. The third kappa shape index (κ3) is 4.16. The van der Waals surface area contributed by atoms with E-state index in [1.54, 1.807) is 18.2 Å². The zero-order chi connectivity index (χ0) is 17.5. The van der Waals surface area contributed by atoms with Crippen LogP contribution in [0.15, 0.2) is 18.2 Å². The lowest BCUT2D eigenvalue weighted by atomic mass is 9.97. The summed E-state index contributed by atoms with van der Waals surface area (Å²) in [6.07, 6.45) is 1.01. The number of anilines is 1. The highest BCUT2D eigenvalue weighted by atomic mass is 16.5. The molecule has 1 unspecified atom stereocenters. The molecule has 7 nitrogen and oxygen atoms in total. The molecular weight excluding hydrogens is 310 g/mol. The van der Waals surface area contributed by atoms with Crippen LogP contribution in [0.1, 0.15) is 25.3 Å². The van der Waals surface area contributed by atoms with Crippen LogP contribution in [0, 0.1) is 17.2 Å². The van der Waals surface area contributed by atoms with E-state index >= 15 is 0 Å². The predicted octanol–water partition coefficient (Wildman–Crippen LogP) is 2.37. The molecule has 7 heteroatoms. The summed E-state index contributed by atoms with van der Waals surface area (Å²) in [7, 11) is 1.33. The van der Waals surface area contributed by atoms with E-state index in [4.69, 9.17) is 14.7 Å². The van der Waals surface area contributed by atoms with Gasteiger partial charge in [-0.25, -0.2) is 4.79 Å². The van der Waals surface area contributed by atoms with Gasteiger partial charge >= 0.3 is 6.09 Å². The number of methoxy groups -OCH3 is 1. The molecule has 0 aromatic heterocycles. The summed E-state index contributed by atoms with van der Waals surface area (Å²) in [5, 5.41) is 11.9. The average molecular weight is 331 g/mol. The van der Waals surface area contributed by atoms with Crippen LogP contribution in [-0.4, -0.2) is 43.7 Å². The fourth-order valence-electron chi connectivity index (χ4n) is 2.70. The Balaban J connectivity index is 2.11. The minimum absolute atomic E-state index is 0.195. The van der Waals surface area contributed by atoms with E-state index in [1.165, 1.54) is 12.0 Å². The van der Waals surface area contributed by atoms with Crippen LogP contribution in [0.2, 0.25) is 0 Å². The summed E-state index contributed by atoms with van der Waals surface area (Å²) in [4.78, 5) is 25.7. The van der Waals surface area contributed by atoms with Crippen molar-refractivity contribution in [1.29, 1.82) is 5.26 Å². The van der Waals surface area contributed by atoms with Crippen molar-refractivity contribution in [1.82, 2.24) is 4.90 Å². The monoisotopic (exact) mass is 331 g/mol. The molecule has 1 N–H and O–H groups in total. The largest absolute Gasteiger partial charge is 0.492 e. The Kier molecular flexibility index (Phi) is 6.01. The summed E-state index contributed by atoms with van der Waals surface area (Å²) in [6.45, 7) is 3.21. The number of nitrogens with one attached hydrogen (secondary N) is 1. The van der Waals surface area contributed by atoms with Crippen molar-refractivity contribution in [3.8, 4) is 11.8 Å². The van der Waals surface area contributed by atoms with Gasteiger partial charge in [0.25, 0.3) is 0 Å². The summed E-state index contributed by atoms with van der Waals surface area (Å²) in [5.74, 6) is 0.00296. The number of amides is 2. The van der Waals surface area contributed by atoms with Crippen molar-refractivity contribution in [2.45, 2.75) is 19.8 Å². The van der Waals surface area contributed by atoms with Gasteiger partial charge in [-0.3, -0.25) is 4.79 Å².